The first-order valence-electron chi connectivity index (χ1n) is 4.24. The molecule has 5 heteroatoms. The molecular weight excluding hydrogens is 238 g/mol. The number of imidazole rings is 1. The van der Waals surface area contributed by atoms with E-state index in [2.05, 4.69) is 9.97 Å². The lowest BCUT2D eigenvalue weighted by Gasteiger charge is -2.03. The minimum Gasteiger partial charge on any atom is -0.329 e. The van der Waals surface area contributed by atoms with Gasteiger partial charge in [-0.25, -0.2) is 9.37 Å². The van der Waals surface area contributed by atoms with Crippen molar-refractivity contribution >= 4 is 23.2 Å². The molecule has 0 saturated carbocycles. The average molecular weight is 245 g/mol. The smallest absolute Gasteiger partial charge is 0.200 e. The molecule has 0 aliphatic heterocycles. The van der Waals surface area contributed by atoms with Gasteiger partial charge in [-0.2, -0.15) is 0 Å². The maximum atomic E-state index is 13.3. The van der Waals surface area contributed by atoms with Crippen LogP contribution in [0.4, 0.5) is 4.39 Å². The second-order valence-corrected chi connectivity index (χ2v) is 3.93. The summed E-state index contributed by atoms with van der Waals surface area (Å²) >= 11 is 11.6. The Labute approximate surface area is 96.1 Å². The van der Waals surface area contributed by atoms with Gasteiger partial charge >= 0.3 is 0 Å². The molecule has 0 spiro atoms. The molecule has 0 atom stereocenters. The minimum atomic E-state index is -0.305. The Balaban J connectivity index is 2.58. The molecule has 2 aromatic rings. The molecule has 2 rings (SSSR count). The standard InChI is InChI=1S/C10H7Cl2FN2/c1-5-2-7(11)6(3-8(5)13)9-4-14-10(12)15-9/h2-4H,1H3,(H,14,15). The van der Waals surface area contributed by atoms with Gasteiger partial charge in [-0.05, 0) is 36.2 Å². The Kier molecular flexibility index (Phi) is 2.67. The number of aromatic nitrogens is 2. The Morgan fingerprint density at radius 1 is 1.33 bits per heavy atom. The fourth-order valence-corrected chi connectivity index (χ4v) is 1.76. The Bertz CT molecular complexity index is 508. The van der Waals surface area contributed by atoms with Gasteiger partial charge in [0.25, 0.3) is 0 Å². The minimum absolute atomic E-state index is 0.252. The number of halogens is 3. The second kappa shape index (κ2) is 3.83. The zero-order valence-corrected chi connectivity index (χ0v) is 9.33. The molecule has 0 aliphatic rings. The lowest BCUT2D eigenvalue weighted by Crippen LogP contribution is -1.86. The topological polar surface area (TPSA) is 28.7 Å². The van der Waals surface area contributed by atoms with Gasteiger partial charge in [0.2, 0.25) is 0 Å². The van der Waals surface area contributed by atoms with Crippen molar-refractivity contribution in [1.29, 1.82) is 0 Å². The molecule has 78 valence electrons. The summed E-state index contributed by atoms with van der Waals surface area (Å²) in [4.78, 5) is 6.60. The predicted octanol–water partition coefficient (Wildman–Crippen LogP) is 3.83. The maximum absolute atomic E-state index is 13.3. The molecule has 0 saturated heterocycles. The largest absolute Gasteiger partial charge is 0.329 e. The molecule has 1 aromatic heterocycles. The van der Waals surface area contributed by atoms with Crippen LogP contribution in [0.15, 0.2) is 18.3 Å². The van der Waals surface area contributed by atoms with Crippen LogP contribution >= 0.6 is 23.2 Å². The van der Waals surface area contributed by atoms with E-state index in [1.165, 1.54) is 12.3 Å². The van der Waals surface area contributed by atoms with Crippen molar-refractivity contribution in [2.24, 2.45) is 0 Å². The van der Waals surface area contributed by atoms with Gasteiger partial charge in [0.15, 0.2) is 5.28 Å². The van der Waals surface area contributed by atoms with Crippen LogP contribution in [-0.4, -0.2) is 9.97 Å². The Hall–Kier alpha value is -1.06. The van der Waals surface area contributed by atoms with Crippen LogP contribution in [0.1, 0.15) is 5.56 Å². The third-order valence-corrected chi connectivity index (χ3v) is 2.59. The first kappa shape index (κ1) is 10.5. The number of hydrogen-bond acceptors (Lipinski definition) is 1. The van der Waals surface area contributed by atoms with Crippen LogP contribution in [0.3, 0.4) is 0 Å². The molecule has 0 aliphatic carbocycles. The molecule has 1 N–H and O–H groups in total. The third kappa shape index (κ3) is 1.98. The lowest BCUT2D eigenvalue weighted by atomic mass is 10.1. The van der Waals surface area contributed by atoms with Crippen LogP contribution in [0, 0.1) is 12.7 Å². The van der Waals surface area contributed by atoms with Crippen molar-refractivity contribution in [1.82, 2.24) is 9.97 Å². The van der Waals surface area contributed by atoms with Gasteiger partial charge in [0.1, 0.15) is 5.82 Å². The van der Waals surface area contributed by atoms with Gasteiger partial charge in [-0.15, -0.1) is 0 Å². The summed E-state index contributed by atoms with van der Waals surface area (Å²) in [6, 6.07) is 2.93. The second-order valence-electron chi connectivity index (χ2n) is 3.17. The van der Waals surface area contributed by atoms with E-state index in [9.17, 15) is 4.39 Å². The van der Waals surface area contributed by atoms with E-state index in [1.807, 2.05) is 0 Å². The molecule has 0 radical (unpaired) electrons. The average Bonchev–Trinajstić information content (AvgIpc) is 2.58. The summed E-state index contributed by atoms with van der Waals surface area (Å²) in [5.74, 6) is -0.305. The van der Waals surface area contributed by atoms with Crippen LogP contribution in [0.2, 0.25) is 10.3 Å². The zero-order valence-electron chi connectivity index (χ0n) is 7.81. The van der Waals surface area contributed by atoms with Crippen molar-refractivity contribution in [3.8, 4) is 11.3 Å². The molecule has 0 bridgehead atoms. The molecule has 0 fully saturated rings. The number of rotatable bonds is 1. The summed E-state index contributed by atoms with van der Waals surface area (Å²) in [5.41, 5.74) is 1.66. The molecule has 15 heavy (non-hydrogen) atoms. The van der Waals surface area contributed by atoms with Crippen LogP contribution in [-0.2, 0) is 0 Å². The molecule has 1 aromatic carbocycles. The van der Waals surface area contributed by atoms with Crippen molar-refractivity contribution < 1.29 is 4.39 Å². The van der Waals surface area contributed by atoms with E-state index in [0.717, 1.165) is 0 Å². The number of benzene rings is 1. The highest BCUT2D eigenvalue weighted by Gasteiger charge is 2.09. The first-order valence-corrected chi connectivity index (χ1v) is 5.00. The highest BCUT2D eigenvalue weighted by molar-refractivity contribution is 6.33. The molecule has 1 heterocycles. The van der Waals surface area contributed by atoms with E-state index in [-0.39, 0.29) is 11.1 Å². The Morgan fingerprint density at radius 3 is 2.67 bits per heavy atom. The highest BCUT2D eigenvalue weighted by Crippen LogP contribution is 2.29. The van der Waals surface area contributed by atoms with E-state index in [1.54, 1.807) is 13.0 Å². The normalized spacial score (nSPS) is 10.7. The van der Waals surface area contributed by atoms with E-state index < -0.39 is 0 Å². The summed E-state index contributed by atoms with van der Waals surface area (Å²) in [7, 11) is 0. The predicted molar refractivity (Wildman–Crippen MR) is 58.7 cm³/mol. The van der Waals surface area contributed by atoms with E-state index >= 15 is 0 Å². The zero-order chi connectivity index (χ0) is 11.0. The van der Waals surface area contributed by atoms with Gasteiger partial charge in [-0.3, -0.25) is 0 Å². The number of H-pyrrole nitrogens is 1. The van der Waals surface area contributed by atoms with Gasteiger partial charge in [0, 0.05) is 5.56 Å². The summed E-state index contributed by atoms with van der Waals surface area (Å²) in [5, 5.41) is 0.719. The number of aromatic amines is 1. The van der Waals surface area contributed by atoms with Crippen molar-refractivity contribution in [2.75, 3.05) is 0 Å². The van der Waals surface area contributed by atoms with Crippen molar-refractivity contribution in [3.05, 3.63) is 40.0 Å². The number of nitrogens with zero attached hydrogens (tertiary/aromatic N) is 1. The van der Waals surface area contributed by atoms with Crippen molar-refractivity contribution in [2.45, 2.75) is 6.92 Å². The summed E-state index contributed by atoms with van der Waals surface area (Å²) in [6.45, 7) is 1.66. The van der Waals surface area contributed by atoms with Gasteiger partial charge < -0.3 is 4.98 Å². The molecule has 0 unspecified atom stereocenters. The number of aryl methyl sites for hydroxylation is 1. The molecule has 0 amide bonds. The molecular formula is C10H7Cl2FN2. The number of hydrogen-bond donors (Lipinski definition) is 1. The highest BCUT2D eigenvalue weighted by atomic mass is 35.5. The summed E-state index contributed by atoms with van der Waals surface area (Å²) < 4.78 is 13.3. The maximum Gasteiger partial charge on any atom is 0.200 e. The van der Waals surface area contributed by atoms with E-state index in [0.29, 0.717) is 21.8 Å². The SMILES string of the molecule is Cc1cc(Cl)c(-c2cnc(Cl)[nH]2)cc1F. The number of nitrogens with one attached hydrogen (secondary N) is 1. The third-order valence-electron chi connectivity index (χ3n) is 2.08. The Morgan fingerprint density at radius 2 is 2.07 bits per heavy atom. The fourth-order valence-electron chi connectivity index (χ4n) is 1.29. The van der Waals surface area contributed by atoms with Crippen molar-refractivity contribution in [3.63, 3.8) is 0 Å². The van der Waals surface area contributed by atoms with Crippen LogP contribution in [0.25, 0.3) is 11.3 Å². The quantitative estimate of drug-likeness (QED) is 0.812. The van der Waals surface area contributed by atoms with Crippen LogP contribution < -0.4 is 0 Å². The molecule has 2 nitrogen and oxygen atoms in total. The fraction of sp³-hybridized carbons (Fsp3) is 0.100. The van der Waals surface area contributed by atoms with Gasteiger partial charge in [-0.1, -0.05) is 11.6 Å². The lowest BCUT2D eigenvalue weighted by molar-refractivity contribution is 0.619. The summed E-state index contributed by atoms with van der Waals surface area (Å²) in [6.07, 6.45) is 1.51. The van der Waals surface area contributed by atoms with Gasteiger partial charge in [0.05, 0.1) is 16.9 Å². The first-order chi connectivity index (χ1) is 7.08. The van der Waals surface area contributed by atoms with Crippen LogP contribution in [0.5, 0.6) is 0 Å². The monoisotopic (exact) mass is 244 g/mol. The van der Waals surface area contributed by atoms with E-state index in [4.69, 9.17) is 23.2 Å².